The van der Waals surface area contributed by atoms with Gasteiger partial charge in [-0.1, -0.05) is 24.3 Å². The van der Waals surface area contributed by atoms with Crippen molar-refractivity contribution in [2.24, 2.45) is 0 Å². The molecule has 1 aliphatic heterocycles. The van der Waals surface area contributed by atoms with Gasteiger partial charge < -0.3 is 4.90 Å². The first-order chi connectivity index (χ1) is 13.1. The number of hydrogen-bond donors (Lipinski definition) is 0. The van der Waals surface area contributed by atoms with Crippen LogP contribution >= 0.6 is 0 Å². The van der Waals surface area contributed by atoms with Gasteiger partial charge in [0.15, 0.2) is 0 Å². The molecule has 1 amide bonds. The molecule has 2 heterocycles. The van der Waals surface area contributed by atoms with Crippen LogP contribution < -0.4 is 0 Å². The van der Waals surface area contributed by atoms with Crippen molar-refractivity contribution in [3.8, 4) is 0 Å². The van der Waals surface area contributed by atoms with Gasteiger partial charge in [-0.15, -0.1) is 0 Å². The minimum Gasteiger partial charge on any atom is -0.340 e. The summed E-state index contributed by atoms with van der Waals surface area (Å²) in [6, 6.07) is 12.1. The van der Waals surface area contributed by atoms with Crippen molar-refractivity contribution in [2.45, 2.75) is 25.9 Å². The third kappa shape index (κ3) is 4.93. The maximum absolute atomic E-state index is 13.4. The van der Waals surface area contributed by atoms with Gasteiger partial charge in [0.05, 0.1) is 0 Å². The number of aromatic nitrogens is 1. The lowest BCUT2D eigenvalue weighted by Gasteiger charge is -2.31. The molecule has 2 aromatic rings. The zero-order valence-corrected chi connectivity index (χ0v) is 16.6. The van der Waals surface area contributed by atoms with Crippen LogP contribution in [0.2, 0.25) is 0 Å². The minimum atomic E-state index is -0.224. The van der Waals surface area contributed by atoms with Gasteiger partial charge in [0.1, 0.15) is 6.04 Å². The Morgan fingerprint density at radius 2 is 1.81 bits per heavy atom. The molecule has 1 aromatic carbocycles. The molecular formula is C22H30N4O. The van der Waals surface area contributed by atoms with E-state index in [1.807, 2.05) is 48.4 Å². The number of pyridine rings is 1. The predicted molar refractivity (Wildman–Crippen MR) is 108 cm³/mol. The van der Waals surface area contributed by atoms with E-state index in [-0.39, 0.29) is 11.9 Å². The molecule has 1 fully saturated rings. The van der Waals surface area contributed by atoms with Gasteiger partial charge in [0.2, 0.25) is 5.91 Å². The summed E-state index contributed by atoms with van der Waals surface area (Å²) in [7, 11) is 3.98. The number of likely N-dealkylation sites (N-methyl/N-ethyl adjacent to an activating group) is 1. The normalized spacial score (nSPS) is 17.0. The fourth-order valence-electron chi connectivity index (χ4n) is 3.79. The minimum absolute atomic E-state index is 0.208. The highest BCUT2D eigenvalue weighted by atomic mass is 16.2. The second-order valence-corrected chi connectivity index (χ2v) is 7.53. The second-order valence-electron chi connectivity index (χ2n) is 7.53. The summed E-state index contributed by atoms with van der Waals surface area (Å²) < 4.78 is 0. The zero-order chi connectivity index (χ0) is 19.2. The van der Waals surface area contributed by atoms with Crippen LogP contribution in [-0.2, 0) is 11.3 Å². The zero-order valence-electron chi connectivity index (χ0n) is 16.6. The van der Waals surface area contributed by atoms with Crippen LogP contribution in [-0.4, -0.2) is 65.9 Å². The predicted octanol–water partition coefficient (Wildman–Crippen LogP) is 2.73. The van der Waals surface area contributed by atoms with Crippen LogP contribution in [0, 0.1) is 6.92 Å². The molecule has 0 spiro atoms. The first-order valence-corrected chi connectivity index (χ1v) is 9.68. The molecular weight excluding hydrogens is 336 g/mol. The molecule has 1 saturated heterocycles. The maximum Gasteiger partial charge on any atom is 0.244 e. The number of rotatable bonds is 5. The molecule has 0 aliphatic carbocycles. The van der Waals surface area contributed by atoms with Crippen LogP contribution in [0.1, 0.15) is 29.2 Å². The summed E-state index contributed by atoms with van der Waals surface area (Å²) in [6.07, 6.45) is 4.68. The molecule has 5 nitrogen and oxygen atoms in total. The van der Waals surface area contributed by atoms with Crippen molar-refractivity contribution in [1.29, 1.82) is 0 Å². The Morgan fingerprint density at radius 1 is 1.07 bits per heavy atom. The van der Waals surface area contributed by atoms with E-state index in [1.165, 1.54) is 11.1 Å². The third-order valence-electron chi connectivity index (χ3n) is 5.29. The maximum atomic E-state index is 13.4. The standard InChI is InChI=1S/C22H30N4O/c1-18-7-4-5-8-20(18)21(24(2)3)22(27)26-14-6-13-25(15-16-26)17-19-9-11-23-12-10-19/h4-5,7-12,21H,6,13-17H2,1-3H3. The van der Waals surface area contributed by atoms with Gasteiger partial charge in [-0.2, -0.15) is 0 Å². The van der Waals surface area contributed by atoms with Crippen molar-refractivity contribution in [3.05, 3.63) is 65.5 Å². The van der Waals surface area contributed by atoms with Gasteiger partial charge in [0, 0.05) is 45.1 Å². The van der Waals surface area contributed by atoms with E-state index < -0.39 is 0 Å². The Bertz CT molecular complexity index is 747. The molecule has 3 rings (SSSR count). The number of aryl methyl sites for hydroxylation is 1. The van der Waals surface area contributed by atoms with Gasteiger partial charge in [-0.25, -0.2) is 0 Å². The lowest BCUT2D eigenvalue weighted by atomic mass is 9.99. The average Bonchev–Trinajstić information content (AvgIpc) is 2.90. The third-order valence-corrected chi connectivity index (χ3v) is 5.29. The SMILES string of the molecule is Cc1ccccc1C(C(=O)N1CCCN(Cc2ccncc2)CC1)N(C)C. The number of carbonyl (C=O) groups excluding carboxylic acids is 1. The summed E-state index contributed by atoms with van der Waals surface area (Å²) in [5.74, 6) is 0.208. The van der Waals surface area contributed by atoms with E-state index in [1.54, 1.807) is 0 Å². The van der Waals surface area contributed by atoms with Crippen molar-refractivity contribution in [2.75, 3.05) is 40.3 Å². The summed E-state index contributed by atoms with van der Waals surface area (Å²) in [5, 5.41) is 0. The summed E-state index contributed by atoms with van der Waals surface area (Å²) in [5.41, 5.74) is 3.54. The second kappa shape index (κ2) is 9.11. The Balaban J connectivity index is 1.68. The highest BCUT2D eigenvalue weighted by Crippen LogP contribution is 2.24. The van der Waals surface area contributed by atoms with E-state index in [2.05, 4.69) is 41.1 Å². The molecule has 27 heavy (non-hydrogen) atoms. The molecule has 1 aliphatic rings. The molecule has 0 bridgehead atoms. The Morgan fingerprint density at radius 3 is 2.52 bits per heavy atom. The number of hydrogen-bond acceptors (Lipinski definition) is 4. The van der Waals surface area contributed by atoms with Gasteiger partial charge in [-0.3, -0.25) is 19.6 Å². The van der Waals surface area contributed by atoms with E-state index in [0.717, 1.165) is 44.7 Å². The Labute approximate surface area is 162 Å². The summed E-state index contributed by atoms with van der Waals surface area (Å²) in [6.45, 7) is 6.52. The Hall–Kier alpha value is -2.24. The van der Waals surface area contributed by atoms with Crippen LogP contribution in [0.5, 0.6) is 0 Å². The van der Waals surface area contributed by atoms with Gasteiger partial charge >= 0.3 is 0 Å². The average molecular weight is 367 g/mol. The van der Waals surface area contributed by atoms with E-state index in [4.69, 9.17) is 0 Å². The van der Waals surface area contributed by atoms with Crippen molar-refractivity contribution < 1.29 is 4.79 Å². The fourth-order valence-corrected chi connectivity index (χ4v) is 3.79. The molecule has 5 heteroatoms. The molecule has 1 atom stereocenters. The molecule has 144 valence electrons. The van der Waals surface area contributed by atoms with Gasteiger partial charge in [-0.05, 0) is 56.3 Å². The van der Waals surface area contributed by atoms with E-state index >= 15 is 0 Å². The largest absolute Gasteiger partial charge is 0.340 e. The van der Waals surface area contributed by atoms with Gasteiger partial charge in [0.25, 0.3) is 0 Å². The molecule has 0 radical (unpaired) electrons. The number of amides is 1. The van der Waals surface area contributed by atoms with Crippen LogP contribution in [0.3, 0.4) is 0 Å². The van der Waals surface area contributed by atoms with E-state index in [9.17, 15) is 4.79 Å². The summed E-state index contributed by atoms with van der Waals surface area (Å²) >= 11 is 0. The monoisotopic (exact) mass is 366 g/mol. The van der Waals surface area contributed by atoms with Crippen LogP contribution in [0.25, 0.3) is 0 Å². The fraction of sp³-hybridized carbons (Fsp3) is 0.455. The summed E-state index contributed by atoms with van der Waals surface area (Å²) in [4.78, 5) is 24.0. The smallest absolute Gasteiger partial charge is 0.244 e. The van der Waals surface area contributed by atoms with Crippen molar-refractivity contribution >= 4 is 5.91 Å². The first-order valence-electron chi connectivity index (χ1n) is 9.68. The number of carbonyl (C=O) groups is 1. The van der Waals surface area contributed by atoms with Crippen LogP contribution in [0.15, 0.2) is 48.8 Å². The number of nitrogens with zero attached hydrogens (tertiary/aromatic N) is 4. The highest BCUT2D eigenvalue weighted by molar-refractivity contribution is 5.83. The van der Waals surface area contributed by atoms with Crippen molar-refractivity contribution in [1.82, 2.24) is 19.7 Å². The van der Waals surface area contributed by atoms with Crippen LogP contribution in [0.4, 0.5) is 0 Å². The highest BCUT2D eigenvalue weighted by Gasteiger charge is 2.29. The molecule has 0 saturated carbocycles. The lowest BCUT2D eigenvalue weighted by Crippen LogP contribution is -2.42. The lowest BCUT2D eigenvalue weighted by molar-refractivity contribution is -0.136. The van der Waals surface area contributed by atoms with Crippen molar-refractivity contribution in [3.63, 3.8) is 0 Å². The van der Waals surface area contributed by atoms with E-state index in [0.29, 0.717) is 0 Å². The topological polar surface area (TPSA) is 39.7 Å². The first kappa shape index (κ1) is 19.5. The quantitative estimate of drug-likeness (QED) is 0.816. The Kier molecular flexibility index (Phi) is 6.58. The number of benzene rings is 1. The molecule has 1 aromatic heterocycles. The molecule has 1 unspecified atom stereocenters. The molecule has 0 N–H and O–H groups in total.